The Kier molecular flexibility index (Phi) is 6.25. The minimum absolute atomic E-state index is 0.0472. The van der Waals surface area contributed by atoms with E-state index in [0.29, 0.717) is 32.8 Å². The van der Waals surface area contributed by atoms with E-state index in [1.54, 1.807) is 12.1 Å². The lowest BCUT2D eigenvalue weighted by molar-refractivity contribution is -0.119. The van der Waals surface area contributed by atoms with Crippen LogP contribution in [-0.4, -0.2) is 32.5 Å². The number of halogens is 2. The molecule has 1 heterocycles. The molecule has 1 aromatic carbocycles. The van der Waals surface area contributed by atoms with E-state index in [4.69, 9.17) is 23.2 Å². The highest BCUT2D eigenvalue weighted by Crippen LogP contribution is 2.30. The number of carbonyl (C=O) groups excluding carboxylic acids is 1. The number of aromatic nitrogens is 3. The smallest absolute Gasteiger partial charge is 0.230 e. The van der Waals surface area contributed by atoms with Crippen molar-refractivity contribution in [2.75, 3.05) is 5.75 Å². The van der Waals surface area contributed by atoms with Gasteiger partial charge in [-0.15, -0.1) is 10.2 Å². The van der Waals surface area contributed by atoms with Crippen LogP contribution in [0.25, 0.3) is 11.4 Å². The molecule has 1 fully saturated rings. The van der Waals surface area contributed by atoms with Crippen LogP contribution >= 0.6 is 35.0 Å². The number of rotatable bonds is 5. The van der Waals surface area contributed by atoms with Gasteiger partial charge >= 0.3 is 0 Å². The Morgan fingerprint density at radius 1 is 1.28 bits per heavy atom. The Morgan fingerprint density at radius 2 is 2.04 bits per heavy atom. The molecular weight excluding hydrogens is 379 g/mol. The lowest BCUT2D eigenvalue weighted by atomic mass is 9.95. The zero-order valence-corrected chi connectivity index (χ0v) is 16.3. The number of benzene rings is 1. The van der Waals surface area contributed by atoms with Crippen molar-refractivity contribution in [1.29, 1.82) is 0 Å². The third kappa shape index (κ3) is 4.68. The third-order valence-corrected chi connectivity index (χ3v) is 5.88. The Labute approximate surface area is 161 Å². The number of nitrogens with one attached hydrogen (secondary N) is 1. The molecule has 0 spiro atoms. The minimum Gasteiger partial charge on any atom is -0.353 e. The summed E-state index contributed by atoms with van der Waals surface area (Å²) in [4.78, 5) is 12.1. The largest absolute Gasteiger partial charge is 0.353 e. The lowest BCUT2D eigenvalue weighted by Gasteiger charge is -2.22. The summed E-state index contributed by atoms with van der Waals surface area (Å²) in [5.41, 5.74) is 0.763. The number of thioether (sulfide) groups is 1. The van der Waals surface area contributed by atoms with Crippen molar-refractivity contribution in [2.45, 2.75) is 43.3 Å². The number of hydrogen-bond acceptors (Lipinski definition) is 4. The molecule has 0 saturated heterocycles. The van der Waals surface area contributed by atoms with Gasteiger partial charge < -0.3 is 9.88 Å². The second kappa shape index (κ2) is 8.43. The molecule has 1 N–H and O–H groups in total. The number of nitrogens with zero attached hydrogens (tertiary/aromatic N) is 3. The van der Waals surface area contributed by atoms with E-state index in [2.05, 4.69) is 15.5 Å². The molecule has 0 atom stereocenters. The molecule has 0 aliphatic heterocycles. The van der Waals surface area contributed by atoms with Gasteiger partial charge in [-0.2, -0.15) is 0 Å². The van der Waals surface area contributed by atoms with E-state index in [9.17, 15) is 4.79 Å². The lowest BCUT2D eigenvalue weighted by Crippen LogP contribution is -2.37. The van der Waals surface area contributed by atoms with Crippen LogP contribution in [0.5, 0.6) is 0 Å². The summed E-state index contributed by atoms with van der Waals surface area (Å²) in [6, 6.07) is 5.59. The predicted molar refractivity (Wildman–Crippen MR) is 102 cm³/mol. The van der Waals surface area contributed by atoms with Crippen LogP contribution in [0.2, 0.25) is 10.0 Å². The highest BCUT2D eigenvalue weighted by molar-refractivity contribution is 7.99. The average molecular weight is 399 g/mol. The van der Waals surface area contributed by atoms with Crippen molar-refractivity contribution < 1.29 is 4.79 Å². The maximum atomic E-state index is 12.1. The summed E-state index contributed by atoms with van der Waals surface area (Å²) in [5.74, 6) is 1.03. The molecule has 0 unspecified atom stereocenters. The fraction of sp³-hybridized carbons (Fsp3) is 0.471. The van der Waals surface area contributed by atoms with Gasteiger partial charge in [0.2, 0.25) is 5.91 Å². The van der Waals surface area contributed by atoms with E-state index in [1.165, 1.54) is 31.0 Å². The highest BCUT2D eigenvalue weighted by atomic mass is 35.5. The third-order valence-electron chi connectivity index (χ3n) is 4.31. The van der Waals surface area contributed by atoms with Crippen molar-refractivity contribution in [3.8, 4) is 11.4 Å². The quantitative estimate of drug-likeness (QED) is 0.761. The van der Waals surface area contributed by atoms with Gasteiger partial charge in [-0.3, -0.25) is 4.79 Å². The van der Waals surface area contributed by atoms with Gasteiger partial charge in [0, 0.05) is 23.7 Å². The molecule has 0 radical (unpaired) electrons. The van der Waals surface area contributed by atoms with Crippen LogP contribution in [-0.2, 0) is 11.8 Å². The van der Waals surface area contributed by atoms with Crippen LogP contribution in [0.1, 0.15) is 32.1 Å². The van der Waals surface area contributed by atoms with Gasteiger partial charge in [0.05, 0.1) is 10.8 Å². The van der Waals surface area contributed by atoms with E-state index in [1.807, 2.05) is 17.7 Å². The van der Waals surface area contributed by atoms with Gasteiger partial charge in [-0.1, -0.05) is 54.2 Å². The molecular formula is C17H20Cl2N4OS. The van der Waals surface area contributed by atoms with Crippen LogP contribution in [0.3, 0.4) is 0 Å². The topological polar surface area (TPSA) is 59.8 Å². The second-order valence-electron chi connectivity index (χ2n) is 6.18. The SMILES string of the molecule is Cn1c(SCC(=O)NC2CCCCC2)nnc1-c1ccc(Cl)cc1Cl. The van der Waals surface area contributed by atoms with Gasteiger partial charge in [-0.05, 0) is 31.0 Å². The molecule has 134 valence electrons. The van der Waals surface area contributed by atoms with Crippen LogP contribution in [0, 0.1) is 0 Å². The zero-order chi connectivity index (χ0) is 17.8. The summed E-state index contributed by atoms with van der Waals surface area (Å²) in [6.45, 7) is 0. The zero-order valence-electron chi connectivity index (χ0n) is 14.0. The Balaban J connectivity index is 1.62. The molecule has 8 heteroatoms. The van der Waals surface area contributed by atoms with Crippen LogP contribution < -0.4 is 5.32 Å². The van der Waals surface area contributed by atoms with Gasteiger partial charge in [0.15, 0.2) is 11.0 Å². The first-order chi connectivity index (χ1) is 12.0. The molecule has 1 aromatic heterocycles. The first-order valence-electron chi connectivity index (χ1n) is 8.31. The Hall–Kier alpha value is -1.24. The van der Waals surface area contributed by atoms with E-state index >= 15 is 0 Å². The van der Waals surface area contributed by atoms with Gasteiger partial charge in [0.25, 0.3) is 0 Å². The maximum absolute atomic E-state index is 12.1. The Morgan fingerprint density at radius 3 is 2.76 bits per heavy atom. The summed E-state index contributed by atoms with van der Waals surface area (Å²) < 4.78 is 1.84. The molecule has 2 aromatic rings. The summed E-state index contributed by atoms with van der Waals surface area (Å²) in [7, 11) is 1.86. The van der Waals surface area contributed by atoms with Crippen molar-refractivity contribution in [2.24, 2.45) is 7.05 Å². The minimum atomic E-state index is 0.0472. The van der Waals surface area contributed by atoms with Crippen LogP contribution in [0.4, 0.5) is 0 Å². The Bertz CT molecular complexity index is 759. The van der Waals surface area contributed by atoms with Crippen molar-refractivity contribution >= 4 is 40.9 Å². The van der Waals surface area contributed by atoms with Gasteiger partial charge in [0.1, 0.15) is 0 Å². The number of amides is 1. The first-order valence-corrected chi connectivity index (χ1v) is 10.1. The molecule has 1 amide bonds. The van der Waals surface area contributed by atoms with Crippen molar-refractivity contribution in [3.63, 3.8) is 0 Å². The monoisotopic (exact) mass is 398 g/mol. The number of hydrogen-bond donors (Lipinski definition) is 1. The first kappa shape index (κ1) is 18.5. The van der Waals surface area contributed by atoms with E-state index < -0.39 is 0 Å². The normalized spacial score (nSPS) is 15.3. The summed E-state index contributed by atoms with van der Waals surface area (Å²) >= 11 is 13.6. The fourth-order valence-corrected chi connectivity index (χ4v) is 4.21. The molecule has 5 nitrogen and oxygen atoms in total. The molecule has 25 heavy (non-hydrogen) atoms. The maximum Gasteiger partial charge on any atom is 0.230 e. The summed E-state index contributed by atoms with van der Waals surface area (Å²) in [5, 5.41) is 13.3. The number of carbonyl (C=O) groups is 1. The summed E-state index contributed by atoms with van der Waals surface area (Å²) in [6.07, 6.45) is 5.84. The van der Waals surface area contributed by atoms with Crippen molar-refractivity contribution in [1.82, 2.24) is 20.1 Å². The van der Waals surface area contributed by atoms with E-state index in [-0.39, 0.29) is 5.91 Å². The predicted octanol–water partition coefficient (Wildman–Crippen LogP) is 4.33. The molecule has 1 aliphatic rings. The molecule has 1 saturated carbocycles. The molecule has 0 bridgehead atoms. The van der Waals surface area contributed by atoms with E-state index in [0.717, 1.165) is 18.4 Å². The van der Waals surface area contributed by atoms with Gasteiger partial charge in [-0.25, -0.2) is 0 Å². The van der Waals surface area contributed by atoms with Crippen molar-refractivity contribution in [3.05, 3.63) is 28.2 Å². The second-order valence-corrected chi connectivity index (χ2v) is 7.97. The molecule has 1 aliphatic carbocycles. The standard InChI is InChI=1S/C17H20Cl2N4OS/c1-23-16(13-8-7-11(18)9-14(13)19)21-22-17(23)25-10-15(24)20-12-5-3-2-4-6-12/h7-9,12H,2-6,10H2,1H3,(H,20,24). The van der Waals surface area contributed by atoms with Crippen LogP contribution in [0.15, 0.2) is 23.4 Å². The highest BCUT2D eigenvalue weighted by Gasteiger charge is 2.18. The fourth-order valence-electron chi connectivity index (χ4n) is 2.99. The average Bonchev–Trinajstić information content (AvgIpc) is 2.95. The molecule has 3 rings (SSSR count).